The molecule has 1 aromatic rings. The van der Waals surface area contributed by atoms with Crippen LogP contribution in [0.25, 0.3) is 0 Å². The molecule has 23 heavy (non-hydrogen) atoms. The highest BCUT2D eigenvalue weighted by molar-refractivity contribution is 9.10. The number of benzene rings is 1. The maximum atomic E-state index is 12.4. The summed E-state index contributed by atoms with van der Waals surface area (Å²) in [7, 11) is 0. The molecule has 0 aliphatic carbocycles. The number of amides is 2. The molecule has 0 aromatic heterocycles. The molecule has 2 rings (SSSR count). The number of nitrogens with zero attached hydrogens (tertiary/aromatic N) is 1. The predicted octanol–water partition coefficient (Wildman–Crippen LogP) is 1.95. The van der Waals surface area contributed by atoms with Gasteiger partial charge >= 0.3 is 5.97 Å². The van der Waals surface area contributed by atoms with Gasteiger partial charge in [0.25, 0.3) is 0 Å². The SMILES string of the molecule is CC(=O)NC(CC(=O)N1CCC(C(=O)O)C1)c1ccc(Br)cc1. The van der Waals surface area contributed by atoms with Crippen LogP contribution < -0.4 is 5.32 Å². The van der Waals surface area contributed by atoms with Crippen molar-refractivity contribution in [1.82, 2.24) is 10.2 Å². The first-order valence-corrected chi connectivity index (χ1v) is 8.19. The molecule has 2 N–H and O–H groups in total. The fourth-order valence-electron chi connectivity index (χ4n) is 2.68. The number of hydrogen-bond acceptors (Lipinski definition) is 3. The van der Waals surface area contributed by atoms with E-state index < -0.39 is 17.9 Å². The summed E-state index contributed by atoms with van der Waals surface area (Å²) in [5, 5.41) is 11.8. The third-order valence-electron chi connectivity index (χ3n) is 3.92. The van der Waals surface area contributed by atoms with Crippen molar-refractivity contribution < 1.29 is 19.5 Å². The summed E-state index contributed by atoms with van der Waals surface area (Å²) in [6, 6.07) is 6.98. The summed E-state index contributed by atoms with van der Waals surface area (Å²) in [4.78, 5) is 36.4. The van der Waals surface area contributed by atoms with Gasteiger partial charge in [-0.25, -0.2) is 0 Å². The van der Waals surface area contributed by atoms with Gasteiger partial charge in [-0.15, -0.1) is 0 Å². The van der Waals surface area contributed by atoms with Gasteiger partial charge in [-0.3, -0.25) is 14.4 Å². The normalized spacial score (nSPS) is 18.5. The number of likely N-dealkylation sites (tertiary alicyclic amines) is 1. The highest BCUT2D eigenvalue weighted by Crippen LogP contribution is 2.23. The van der Waals surface area contributed by atoms with Crippen LogP contribution in [0, 0.1) is 5.92 Å². The van der Waals surface area contributed by atoms with Gasteiger partial charge in [-0.2, -0.15) is 0 Å². The van der Waals surface area contributed by atoms with E-state index in [-0.39, 0.29) is 24.8 Å². The van der Waals surface area contributed by atoms with Crippen LogP contribution in [0.1, 0.15) is 31.4 Å². The molecule has 1 aliphatic heterocycles. The summed E-state index contributed by atoms with van der Waals surface area (Å²) in [6.07, 6.45) is 0.595. The summed E-state index contributed by atoms with van der Waals surface area (Å²) >= 11 is 3.35. The van der Waals surface area contributed by atoms with Gasteiger partial charge < -0.3 is 15.3 Å². The van der Waals surface area contributed by atoms with Crippen molar-refractivity contribution in [1.29, 1.82) is 0 Å². The van der Waals surface area contributed by atoms with E-state index in [0.717, 1.165) is 10.0 Å². The molecule has 124 valence electrons. The maximum absolute atomic E-state index is 12.4. The van der Waals surface area contributed by atoms with Crippen molar-refractivity contribution in [2.45, 2.75) is 25.8 Å². The Morgan fingerprint density at radius 2 is 2.00 bits per heavy atom. The number of carbonyl (C=O) groups excluding carboxylic acids is 2. The second-order valence-corrected chi connectivity index (χ2v) is 6.59. The summed E-state index contributed by atoms with van der Waals surface area (Å²) < 4.78 is 0.915. The van der Waals surface area contributed by atoms with Crippen molar-refractivity contribution in [2.24, 2.45) is 5.92 Å². The molecular formula is C16H19BrN2O4. The zero-order valence-corrected chi connectivity index (χ0v) is 14.4. The molecule has 1 saturated heterocycles. The van der Waals surface area contributed by atoms with E-state index in [1.807, 2.05) is 24.3 Å². The molecule has 7 heteroatoms. The van der Waals surface area contributed by atoms with Crippen molar-refractivity contribution in [2.75, 3.05) is 13.1 Å². The Morgan fingerprint density at radius 3 is 2.52 bits per heavy atom. The molecule has 0 bridgehead atoms. The molecule has 0 radical (unpaired) electrons. The Bertz CT molecular complexity index is 603. The van der Waals surface area contributed by atoms with Crippen LogP contribution in [0.4, 0.5) is 0 Å². The highest BCUT2D eigenvalue weighted by Gasteiger charge is 2.32. The van der Waals surface area contributed by atoms with Gasteiger partial charge in [0.2, 0.25) is 11.8 Å². The van der Waals surface area contributed by atoms with E-state index in [1.165, 1.54) is 6.92 Å². The fraction of sp³-hybridized carbons (Fsp3) is 0.438. The minimum absolute atomic E-state index is 0.119. The van der Waals surface area contributed by atoms with Gasteiger partial charge in [-0.1, -0.05) is 28.1 Å². The van der Waals surface area contributed by atoms with Crippen molar-refractivity contribution in [3.05, 3.63) is 34.3 Å². The third-order valence-corrected chi connectivity index (χ3v) is 4.45. The predicted molar refractivity (Wildman–Crippen MR) is 87.6 cm³/mol. The van der Waals surface area contributed by atoms with E-state index >= 15 is 0 Å². The van der Waals surface area contributed by atoms with E-state index in [1.54, 1.807) is 4.90 Å². The number of carbonyl (C=O) groups is 3. The Morgan fingerprint density at radius 1 is 1.35 bits per heavy atom. The third kappa shape index (κ3) is 4.79. The highest BCUT2D eigenvalue weighted by atomic mass is 79.9. The van der Waals surface area contributed by atoms with Crippen LogP contribution in [0.5, 0.6) is 0 Å². The molecule has 1 heterocycles. The van der Waals surface area contributed by atoms with Gasteiger partial charge in [0, 0.05) is 24.5 Å². The lowest BCUT2D eigenvalue weighted by molar-refractivity contribution is -0.141. The molecule has 1 aromatic carbocycles. The number of halogens is 1. The molecule has 1 aliphatic rings. The van der Waals surface area contributed by atoms with Crippen LogP contribution in [-0.4, -0.2) is 40.9 Å². The van der Waals surface area contributed by atoms with Crippen LogP contribution >= 0.6 is 15.9 Å². The van der Waals surface area contributed by atoms with E-state index in [0.29, 0.717) is 13.0 Å². The average molecular weight is 383 g/mol. The Kier molecular flexibility index (Phi) is 5.76. The number of aliphatic carboxylic acids is 1. The summed E-state index contributed by atoms with van der Waals surface area (Å²) in [5.74, 6) is -1.72. The molecular weight excluding hydrogens is 364 g/mol. The quantitative estimate of drug-likeness (QED) is 0.814. The lowest BCUT2D eigenvalue weighted by Crippen LogP contribution is -2.35. The van der Waals surface area contributed by atoms with Crippen LogP contribution in [-0.2, 0) is 14.4 Å². The summed E-state index contributed by atoms with van der Waals surface area (Å²) in [6.45, 7) is 2.09. The number of hydrogen-bond donors (Lipinski definition) is 2. The molecule has 0 spiro atoms. The van der Waals surface area contributed by atoms with Gasteiger partial charge in [0.1, 0.15) is 0 Å². The van der Waals surface area contributed by atoms with Crippen molar-refractivity contribution in [3.63, 3.8) is 0 Å². The summed E-state index contributed by atoms with van der Waals surface area (Å²) in [5.41, 5.74) is 0.839. The van der Waals surface area contributed by atoms with E-state index in [2.05, 4.69) is 21.2 Å². The minimum atomic E-state index is -0.869. The van der Waals surface area contributed by atoms with Crippen LogP contribution in [0.15, 0.2) is 28.7 Å². The average Bonchev–Trinajstić information content (AvgIpc) is 2.97. The van der Waals surface area contributed by atoms with E-state index in [4.69, 9.17) is 5.11 Å². The van der Waals surface area contributed by atoms with Crippen LogP contribution in [0.2, 0.25) is 0 Å². The zero-order chi connectivity index (χ0) is 17.0. The Balaban J connectivity index is 2.05. The molecule has 2 unspecified atom stereocenters. The topological polar surface area (TPSA) is 86.7 Å². The second kappa shape index (κ2) is 7.59. The molecule has 2 atom stereocenters. The first kappa shape index (κ1) is 17.5. The number of carboxylic acid groups (broad SMARTS) is 1. The lowest BCUT2D eigenvalue weighted by Gasteiger charge is -2.22. The van der Waals surface area contributed by atoms with Gasteiger partial charge in [0.15, 0.2) is 0 Å². The first-order valence-electron chi connectivity index (χ1n) is 7.40. The maximum Gasteiger partial charge on any atom is 0.308 e. The van der Waals surface area contributed by atoms with Gasteiger partial charge in [-0.05, 0) is 24.1 Å². The molecule has 2 amide bonds. The minimum Gasteiger partial charge on any atom is -0.481 e. The number of nitrogens with one attached hydrogen (secondary N) is 1. The molecule has 1 fully saturated rings. The van der Waals surface area contributed by atoms with Crippen molar-refractivity contribution in [3.8, 4) is 0 Å². The lowest BCUT2D eigenvalue weighted by atomic mass is 10.0. The van der Waals surface area contributed by atoms with Crippen LogP contribution in [0.3, 0.4) is 0 Å². The first-order chi connectivity index (χ1) is 10.9. The smallest absolute Gasteiger partial charge is 0.308 e. The van der Waals surface area contributed by atoms with E-state index in [9.17, 15) is 14.4 Å². The Labute approximate surface area is 143 Å². The molecule has 0 saturated carbocycles. The largest absolute Gasteiger partial charge is 0.481 e. The number of carboxylic acids is 1. The Hall–Kier alpha value is -1.89. The molecule has 6 nitrogen and oxygen atoms in total. The van der Waals surface area contributed by atoms with Gasteiger partial charge in [0.05, 0.1) is 18.4 Å². The monoisotopic (exact) mass is 382 g/mol. The van der Waals surface area contributed by atoms with Crippen molar-refractivity contribution >= 4 is 33.7 Å². The zero-order valence-electron chi connectivity index (χ0n) is 12.8. The second-order valence-electron chi connectivity index (χ2n) is 5.67. The fourth-order valence-corrected chi connectivity index (χ4v) is 2.95. The number of rotatable bonds is 5. The standard InChI is InChI=1S/C16H19BrN2O4/c1-10(20)18-14(11-2-4-13(17)5-3-11)8-15(21)19-7-6-12(9-19)16(22)23/h2-5,12,14H,6-9H2,1H3,(H,18,20)(H,22,23).